The van der Waals surface area contributed by atoms with Crippen molar-refractivity contribution in [1.82, 2.24) is 15.1 Å². The van der Waals surface area contributed by atoms with Crippen molar-refractivity contribution in [1.29, 1.82) is 0 Å². The Bertz CT molecular complexity index is 575. The molecular weight excluding hydrogens is 410 g/mol. The van der Waals surface area contributed by atoms with Crippen molar-refractivity contribution < 1.29 is 29.0 Å². The van der Waals surface area contributed by atoms with E-state index in [1.54, 1.807) is 25.7 Å². The summed E-state index contributed by atoms with van der Waals surface area (Å²) in [7, 11) is 0. The number of ether oxygens (including phenoxy) is 2. The summed E-state index contributed by atoms with van der Waals surface area (Å²) < 4.78 is 10.9. The molecule has 3 amide bonds. The fourth-order valence-corrected chi connectivity index (χ4v) is 3.69. The number of carboxylic acid groups (broad SMARTS) is 1. The van der Waals surface area contributed by atoms with Gasteiger partial charge < -0.3 is 24.8 Å². The number of hydrogen-bond donors (Lipinski definition) is 2. The van der Waals surface area contributed by atoms with Gasteiger partial charge in [-0.2, -0.15) is 11.8 Å². The van der Waals surface area contributed by atoms with Crippen LogP contribution in [0.25, 0.3) is 0 Å². The number of thioether (sulfide) groups is 1. The lowest BCUT2D eigenvalue weighted by Gasteiger charge is -2.39. The van der Waals surface area contributed by atoms with Gasteiger partial charge in [-0.05, 0) is 53.0 Å². The Balaban J connectivity index is 3.06. The van der Waals surface area contributed by atoms with Crippen LogP contribution in [0.1, 0.15) is 41.0 Å². The second-order valence-corrected chi connectivity index (χ2v) is 9.49. The van der Waals surface area contributed by atoms with Crippen molar-refractivity contribution in [3.63, 3.8) is 0 Å². The van der Waals surface area contributed by atoms with E-state index >= 15 is 0 Å². The second-order valence-electron chi connectivity index (χ2n) is 8.50. The van der Waals surface area contributed by atoms with Crippen molar-refractivity contribution in [2.24, 2.45) is 0 Å². The molecule has 1 saturated heterocycles. The molecule has 0 bridgehead atoms. The fraction of sp³-hybridized carbons (Fsp3) is 0.850. The summed E-state index contributed by atoms with van der Waals surface area (Å²) in [5, 5.41) is 12.6. The molecule has 10 heteroatoms. The summed E-state index contributed by atoms with van der Waals surface area (Å²) in [6.45, 7) is 10.8. The Hall–Kier alpha value is -1.52. The van der Waals surface area contributed by atoms with E-state index in [1.165, 1.54) is 11.8 Å². The molecule has 174 valence electrons. The van der Waals surface area contributed by atoms with E-state index in [1.807, 2.05) is 20.1 Å². The Morgan fingerprint density at radius 1 is 1.23 bits per heavy atom. The third-order valence-electron chi connectivity index (χ3n) is 4.67. The molecule has 1 aliphatic heterocycles. The van der Waals surface area contributed by atoms with E-state index in [9.17, 15) is 19.5 Å². The molecule has 1 aliphatic rings. The molecule has 0 aromatic heterocycles. The Morgan fingerprint density at radius 3 is 2.30 bits per heavy atom. The highest BCUT2D eigenvalue weighted by atomic mass is 32.2. The molecule has 0 aliphatic carbocycles. The minimum Gasteiger partial charge on any atom is -0.465 e. The predicted molar refractivity (Wildman–Crippen MR) is 117 cm³/mol. The average Bonchev–Trinajstić information content (AvgIpc) is 2.66. The first-order valence-corrected chi connectivity index (χ1v) is 11.7. The molecular formula is C20H37N3O6S. The molecule has 1 fully saturated rings. The van der Waals surface area contributed by atoms with Gasteiger partial charge >= 0.3 is 6.09 Å². The first kappa shape index (κ1) is 26.5. The monoisotopic (exact) mass is 447 g/mol. The molecule has 2 N–H and O–H groups in total. The van der Waals surface area contributed by atoms with Crippen LogP contribution in [0, 0.1) is 0 Å². The third-order valence-corrected chi connectivity index (χ3v) is 5.32. The fourth-order valence-electron chi connectivity index (χ4n) is 3.23. The number of amides is 3. The van der Waals surface area contributed by atoms with Crippen LogP contribution in [-0.4, -0.2) is 101 Å². The van der Waals surface area contributed by atoms with Gasteiger partial charge in [0.2, 0.25) is 11.8 Å². The van der Waals surface area contributed by atoms with Crippen molar-refractivity contribution in [2.45, 2.75) is 64.8 Å². The maximum absolute atomic E-state index is 13.2. The van der Waals surface area contributed by atoms with Crippen LogP contribution in [0.3, 0.4) is 0 Å². The molecule has 9 nitrogen and oxygen atoms in total. The molecule has 0 spiro atoms. The average molecular weight is 448 g/mol. The van der Waals surface area contributed by atoms with Crippen LogP contribution in [-0.2, 0) is 19.1 Å². The standard InChI is InChI=1S/C20H37N3O6S/c1-14(2)29-13-15(18(25)22-8-10-28-11-9-22)21-17(24)16(7-12-30-6)23(19(26)27)20(3,4)5/h14-16H,7-13H2,1-6H3,(H,21,24)(H,26,27)/t15-,16-/m0/s1. The van der Waals surface area contributed by atoms with Gasteiger partial charge in [-0.15, -0.1) is 0 Å². The van der Waals surface area contributed by atoms with Crippen LogP contribution < -0.4 is 5.32 Å². The predicted octanol–water partition coefficient (Wildman–Crippen LogP) is 1.66. The van der Waals surface area contributed by atoms with Crippen molar-refractivity contribution in [3.05, 3.63) is 0 Å². The lowest BCUT2D eigenvalue weighted by molar-refractivity contribution is -0.143. The van der Waals surface area contributed by atoms with Crippen molar-refractivity contribution >= 4 is 29.7 Å². The van der Waals surface area contributed by atoms with Crippen LogP contribution in [0.4, 0.5) is 4.79 Å². The molecule has 30 heavy (non-hydrogen) atoms. The summed E-state index contributed by atoms with van der Waals surface area (Å²) in [6, 6.07) is -1.79. The first-order valence-electron chi connectivity index (χ1n) is 10.3. The van der Waals surface area contributed by atoms with E-state index in [0.29, 0.717) is 38.5 Å². The zero-order valence-corrected chi connectivity index (χ0v) is 19.8. The Labute approximate surface area is 183 Å². The smallest absolute Gasteiger partial charge is 0.408 e. The summed E-state index contributed by atoms with van der Waals surface area (Å²) in [4.78, 5) is 41.0. The zero-order valence-electron chi connectivity index (χ0n) is 19.0. The summed E-state index contributed by atoms with van der Waals surface area (Å²) in [6.07, 6.45) is 0.968. The maximum Gasteiger partial charge on any atom is 0.408 e. The number of hydrogen-bond acceptors (Lipinski definition) is 6. The van der Waals surface area contributed by atoms with Gasteiger partial charge in [-0.1, -0.05) is 0 Å². The molecule has 0 unspecified atom stereocenters. The highest BCUT2D eigenvalue weighted by molar-refractivity contribution is 7.98. The third kappa shape index (κ3) is 8.31. The molecule has 0 aromatic carbocycles. The van der Waals surface area contributed by atoms with Gasteiger partial charge in [0.25, 0.3) is 0 Å². The lowest BCUT2D eigenvalue weighted by atomic mass is 10.0. The van der Waals surface area contributed by atoms with E-state index < -0.39 is 29.6 Å². The lowest BCUT2D eigenvalue weighted by Crippen LogP contribution is -2.61. The number of morpholine rings is 1. The molecule has 0 radical (unpaired) electrons. The van der Waals surface area contributed by atoms with Crippen molar-refractivity contribution in [3.8, 4) is 0 Å². The van der Waals surface area contributed by atoms with Gasteiger partial charge in [-0.3, -0.25) is 14.5 Å². The minimum absolute atomic E-state index is 0.0252. The normalized spacial score (nSPS) is 16.8. The largest absolute Gasteiger partial charge is 0.465 e. The van der Waals surface area contributed by atoms with Crippen LogP contribution >= 0.6 is 11.8 Å². The highest BCUT2D eigenvalue weighted by Crippen LogP contribution is 2.21. The number of nitrogens with one attached hydrogen (secondary N) is 1. The van der Waals surface area contributed by atoms with Crippen molar-refractivity contribution in [2.75, 3.05) is 44.9 Å². The number of nitrogens with zero attached hydrogens (tertiary/aromatic N) is 2. The topological polar surface area (TPSA) is 108 Å². The molecule has 1 rings (SSSR count). The molecule has 1 heterocycles. The summed E-state index contributed by atoms with van der Waals surface area (Å²) in [5.74, 6) is -0.114. The van der Waals surface area contributed by atoms with Gasteiger partial charge in [0.1, 0.15) is 12.1 Å². The van der Waals surface area contributed by atoms with Crippen LogP contribution in [0.2, 0.25) is 0 Å². The summed E-state index contributed by atoms with van der Waals surface area (Å²) in [5.41, 5.74) is -0.773. The number of carbonyl (C=O) groups excluding carboxylic acids is 2. The van der Waals surface area contributed by atoms with Gasteiger partial charge in [-0.25, -0.2) is 4.79 Å². The first-order chi connectivity index (χ1) is 14.0. The van der Waals surface area contributed by atoms with E-state index in [0.717, 1.165) is 4.90 Å². The summed E-state index contributed by atoms with van der Waals surface area (Å²) >= 11 is 1.54. The van der Waals surface area contributed by atoms with Crippen LogP contribution in [0.15, 0.2) is 0 Å². The Morgan fingerprint density at radius 2 is 1.83 bits per heavy atom. The quantitative estimate of drug-likeness (QED) is 0.524. The maximum atomic E-state index is 13.2. The zero-order chi connectivity index (χ0) is 22.9. The molecule has 0 saturated carbocycles. The second kappa shape index (κ2) is 12.4. The van der Waals surface area contributed by atoms with Gasteiger partial charge in [0.15, 0.2) is 0 Å². The van der Waals surface area contributed by atoms with Crippen LogP contribution in [0.5, 0.6) is 0 Å². The van der Waals surface area contributed by atoms with E-state index in [4.69, 9.17) is 9.47 Å². The SMILES string of the molecule is CSCC[C@@H](C(=O)N[C@@H](COC(C)C)C(=O)N1CCOCC1)N(C(=O)O)C(C)(C)C. The van der Waals surface area contributed by atoms with Gasteiger partial charge in [0, 0.05) is 18.6 Å². The van der Waals surface area contributed by atoms with E-state index in [2.05, 4.69) is 5.32 Å². The minimum atomic E-state index is -1.17. The Kier molecular flexibility index (Phi) is 10.9. The molecule has 2 atom stereocenters. The highest BCUT2D eigenvalue weighted by Gasteiger charge is 2.39. The van der Waals surface area contributed by atoms with Gasteiger partial charge in [0.05, 0.1) is 25.9 Å². The number of carbonyl (C=O) groups is 3. The number of rotatable bonds is 10. The molecule has 0 aromatic rings. The van der Waals surface area contributed by atoms with E-state index in [-0.39, 0.29) is 18.6 Å².